The van der Waals surface area contributed by atoms with Crippen molar-refractivity contribution in [3.05, 3.63) is 56.9 Å². The number of benzene rings is 1. The number of nitro groups is 1. The molecule has 0 saturated heterocycles. The topological polar surface area (TPSA) is 48.1 Å². The average molecular weight is 244 g/mol. The normalized spacial score (nSPS) is 10.7. The molecule has 0 fully saturated rings. The van der Waals surface area contributed by atoms with E-state index in [0.29, 0.717) is 5.56 Å². The van der Waals surface area contributed by atoms with Gasteiger partial charge in [-0.3, -0.25) is 10.1 Å². The molecule has 0 unspecified atom stereocenters. The fourth-order valence-electron chi connectivity index (χ4n) is 2.27. The third kappa shape index (κ3) is 1.90. The Bertz CT molecular complexity index is 607. The van der Waals surface area contributed by atoms with Crippen molar-refractivity contribution < 1.29 is 4.92 Å². The average Bonchev–Trinajstić information content (AvgIpc) is 2.61. The van der Waals surface area contributed by atoms with E-state index in [-0.39, 0.29) is 10.6 Å². The molecule has 0 atom stereocenters. The highest BCUT2D eigenvalue weighted by Gasteiger charge is 2.15. The molecule has 0 amide bonds. The van der Waals surface area contributed by atoms with Gasteiger partial charge in [-0.2, -0.15) is 0 Å². The van der Waals surface area contributed by atoms with Crippen LogP contribution in [0.5, 0.6) is 0 Å². The minimum atomic E-state index is -0.332. The van der Waals surface area contributed by atoms with Gasteiger partial charge in [0, 0.05) is 28.7 Å². The smallest absolute Gasteiger partial charge is 0.272 e. The van der Waals surface area contributed by atoms with E-state index < -0.39 is 0 Å². The maximum atomic E-state index is 10.9. The molecule has 94 valence electrons. The van der Waals surface area contributed by atoms with Gasteiger partial charge in [0.1, 0.15) is 0 Å². The molecule has 0 radical (unpaired) electrons. The fourth-order valence-corrected chi connectivity index (χ4v) is 2.27. The van der Waals surface area contributed by atoms with Gasteiger partial charge in [0.25, 0.3) is 5.69 Å². The van der Waals surface area contributed by atoms with Gasteiger partial charge < -0.3 is 4.57 Å². The highest BCUT2D eigenvalue weighted by Crippen LogP contribution is 2.27. The molecule has 0 aliphatic rings. The SMILES string of the molecule is Cc1cc([N+](=O)[O-])c(C)cc1-n1c(C)ccc1C. The summed E-state index contributed by atoms with van der Waals surface area (Å²) in [5, 5.41) is 10.9. The second-order valence-corrected chi connectivity index (χ2v) is 4.63. The lowest BCUT2D eigenvalue weighted by molar-refractivity contribution is -0.385. The Kier molecular flexibility index (Phi) is 2.95. The van der Waals surface area contributed by atoms with Gasteiger partial charge in [0.05, 0.1) is 4.92 Å². The second kappa shape index (κ2) is 4.29. The van der Waals surface area contributed by atoms with Crippen molar-refractivity contribution in [2.24, 2.45) is 0 Å². The van der Waals surface area contributed by atoms with Gasteiger partial charge >= 0.3 is 0 Å². The molecule has 1 aromatic heterocycles. The van der Waals surface area contributed by atoms with Crippen molar-refractivity contribution in [2.45, 2.75) is 27.7 Å². The van der Waals surface area contributed by atoms with Crippen LogP contribution in [0.15, 0.2) is 24.3 Å². The number of hydrogen-bond acceptors (Lipinski definition) is 2. The van der Waals surface area contributed by atoms with E-state index in [0.717, 1.165) is 22.6 Å². The second-order valence-electron chi connectivity index (χ2n) is 4.63. The Morgan fingerprint density at radius 3 is 2.06 bits per heavy atom. The summed E-state index contributed by atoms with van der Waals surface area (Å²) in [7, 11) is 0. The molecule has 0 N–H and O–H groups in total. The predicted octanol–water partition coefficient (Wildman–Crippen LogP) is 3.62. The number of nitro benzene ring substituents is 1. The van der Waals surface area contributed by atoms with E-state index in [1.165, 1.54) is 0 Å². The molecule has 18 heavy (non-hydrogen) atoms. The Morgan fingerprint density at radius 1 is 1.00 bits per heavy atom. The summed E-state index contributed by atoms with van der Waals surface area (Å²) in [6, 6.07) is 7.62. The highest BCUT2D eigenvalue weighted by atomic mass is 16.6. The molecule has 4 nitrogen and oxygen atoms in total. The van der Waals surface area contributed by atoms with Crippen LogP contribution in [0.2, 0.25) is 0 Å². The van der Waals surface area contributed by atoms with Gasteiger partial charge in [-0.15, -0.1) is 0 Å². The molecule has 2 aromatic rings. The van der Waals surface area contributed by atoms with Crippen LogP contribution in [0.25, 0.3) is 5.69 Å². The first-order valence-electron chi connectivity index (χ1n) is 5.82. The first-order valence-corrected chi connectivity index (χ1v) is 5.82. The van der Waals surface area contributed by atoms with Crippen LogP contribution in [0, 0.1) is 37.8 Å². The van der Waals surface area contributed by atoms with Crippen molar-refractivity contribution >= 4 is 5.69 Å². The molecule has 2 rings (SSSR count). The summed E-state index contributed by atoms with van der Waals surface area (Å²) < 4.78 is 2.12. The third-order valence-corrected chi connectivity index (χ3v) is 3.22. The van der Waals surface area contributed by atoms with Crippen LogP contribution >= 0.6 is 0 Å². The Balaban J connectivity index is 2.68. The Labute approximate surface area is 106 Å². The maximum absolute atomic E-state index is 10.9. The predicted molar refractivity (Wildman–Crippen MR) is 71.4 cm³/mol. The van der Waals surface area contributed by atoms with E-state index in [1.807, 2.05) is 39.0 Å². The molecule has 0 bridgehead atoms. The molecule has 0 spiro atoms. The van der Waals surface area contributed by atoms with Gasteiger partial charge in [-0.25, -0.2) is 0 Å². The fraction of sp³-hybridized carbons (Fsp3) is 0.286. The van der Waals surface area contributed by atoms with Crippen molar-refractivity contribution in [3.8, 4) is 5.69 Å². The van der Waals surface area contributed by atoms with Crippen LogP contribution in [-0.4, -0.2) is 9.49 Å². The number of aromatic nitrogens is 1. The summed E-state index contributed by atoms with van der Waals surface area (Å²) in [6.45, 7) is 7.74. The lowest BCUT2D eigenvalue weighted by Crippen LogP contribution is -2.03. The quantitative estimate of drug-likeness (QED) is 0.598. The van der Waals surface area contributed by atoms with Gasteiger partial charge in [0.15, 0.2) is 0 Å². The van der Waals surface area contributed by atoms with Gasteiger partial charge in [-0.05, 0) is 51.5 Å². The van der Waals surface area contributed by atoms with E-state index in [1.54, 1.807) is 13.0 Å². The van der Waals surface area contributed by atoms with E-state index in [9.17, 15) is 10.1 Å². The number of aryl methyl sites for hydroxylation is 4. The van der Waals surface area contributed by atoms with E-state index >= 15 is 0 Å². The van der Waals surface area contributed by atoms with Crippen LogP contribution < -0.4 is 0 Å². The van der Waals surface area contributed by atoms with Gasteiger partial charge in [-0.1, -0.05) is 0 Å². The number of hydrogen-bond donors (Lipinski definition) is 0. The molecule has 1 heterocycles. The minimum Gasteiger partial charge on any atom is -0.318 e. The Morgan fingerprint density at radius 2 is 1.56 bits per heavy atom. The molecular formula is C14H16N2O2. The summed E-state index contributed by atoms with van der Waals surface area (Å²) in [5.41, 5.74) is 5.05. The lowest BCUT2D eigenvalue weighted by atomic mass is 10.1. The maximum Gasteiger partial charge on any atom is 0.272 e. The van der Waals surface area contributed by atoms with Crippen molar-refractivity contribution in [2.75, 3.05) is 0 Å². The van der Waals surface area contributed by atoms with Crippen molar-refractivity contribution in [1.29, 1.82) is 0 Å². The third-order valence-electron chi connectivity index (χ3n) is 3.22. The Hall–Kier alpha value is -2.10. The molecule has 1 aromatic carbocycles. The molecular weight excluding hydrogens is 228 g/mol. The first-order chi connectivity index (χ1) is 8.41. The van der Waals surface area contributed by atoms with Gasteiger partial charge in [0.2, 0.25) is 0 Å². The lowest BCUT2D eigenvalue weighted by Gasteiger charge is -2.13. The summed E-state index contributed by atoms with van der Waals surface area (Å²) >= 11 is 0. The van der Waals surface area contributed by atoms with E-state index in [2.05, 4.69) is 4.57 Å². The van der Waals surface area contributed by atoms with E-state index in [4.69, 9.17) is 0 Å². The van der Waals surface area contributed by atoms with Crippen LogP contribution in [0.4, 0.5) is 5.69 Å². The standard InChI is InChI=1S/C14H16N2O2/c1-9-8-14(16(17)18)10(2)7-13(9)15-11(3)5-6-12(15)4/h5-8H,1-4H3. The number of nitrogens with zero attached hydrogens (tertiary/aromatic N) is 2. The zero-order valence-electron chi connectivity index (χ0n) is 11.0. The molecule has 0 aliphatic carbocycles. The summed E-state index contributed by atoms with van der Waals surface area (Å²) in [4.78, 5) is 10.6. The zero-order chi connectivity index (χ0) is 13.4. The van der Waals surface area contributed by atoms with Crippen LogP contribution in [0.1, 0.15) is 22.5 Å². The monoisotopic (exact) mass is 244 g/mol. The molecule has 0 saturated carbocycles. The molecule has 0 aliphatic heterocycles. The van der Waals surface area contributed by atoms with Crippen molar-refractivity contribution in [1.82, 2.24) is 4.57 Å². The van der Waals surface area contributed by atoms with Crippen LogP contribution in [-0.2, 0) is 0 Å². The largest absolute Gasteiger partial charge is 0.318 e. The first kappa shape index (κ1) is 12.4. The number of rotatable bonds is 2. The summed E-state index contributed by atoms with van der Waals surface area (Å²) in [6.07, 6.45) is 0. The van der Waals surface area contributed by atoms with Crippen LogP contribution in [0.3, 0.4) is 0 Å². The van der Waals surface area contributed by atoms with Crippen molar-refractivity contribution in [3.63, 3.8) is 0 Å². The summed E-state index contributed by atoms with van der Waals surface area (Å²) in [5.74, 6) is 0. The highest BCUT2D eigenvalue weighted by molar-refractivity contribution is 5.54. The zero-order valence-corrected chi connectivity index (χ0v) is 11.0. The minimum absolute atomic E-state index is 0.179. The molecule has 4 heteroatoms.